The zero-order valence-corrected chi connectivity index (χ0v) is 12.9. The normalized spacial score (nSPS) is 12.4. The lowest BCUT2D eigenvalue weighted by atomic mass is 10.1. The predicted octanol–water partition coefficient (Wildman–Crippen LogP) is 4.66. The number of halogens is 2. The van der Waals surface area contributed by atoms with Crippen LogP contribution in [0.25, 0.3) is 0 Å². The van der Waals surface area contributed by atoms with Crippen LogP contribution in [0.1, 0.15) is 24.1 Å². The van der Waals surface area contributed by atoms with Crippen LogP contribution in [-0.2, 0) is 6.54 Å². The lowest BCUT2D eigenvalue weighted by Crippen LogP contribution is -2.18. The minimum atomic E-state index is 0.174. The van der Waals surface area contributed by atoms with Crippen LogP contribution < -0.4 is 5.32 Å². The zero-order valence-electron chi connectivity index (χ0n) is 10.5. The van der Waals surface area contributed by atoms with Gasteiger partial charge in [-0.2, -0.15) is 0 Å². The van der Waals surface area contributed by atoms with Gasteiger partial charge in [-0.3, -0.25) is 0 Å². The highest BCUT2D eigenvalue weighted by Crippen LogP contribution is 2.26. The molecule has 2 aromatic carbocycles. The van der Waals surface area contributed by atoms with Crippen molar-refractivity contribution in [3.63, 3.8) is 0 Å². The molecule has 0 aliphatic rings. The van der Waals surface area contributed by atoms with Crippen LogP contribution >= 0.6 is 27.5 Å². The van der Waals surface area contributed by atoms with Gasteiger partial charge in [-0.1, -0.05) is 45.7 Å². The Morgan fingerprint density at radius 1 is 1.26 bits per heavy atom. The van der Waals surface area contributed by atoms with Crippen LogP contribution in [-0.4, -0.2) is 5.11 Å². The Morgan fingerprint density at radius 3 is 2.68 bits per heavy atom. The first-order valence-electron chi connectivity index (χ1n) is 6.03. The fraction of sp³-hybridized carbons (Fsp3) is 0.200. The maximum Gasteiger partial charge on any atom is 0.121 e. The molecular formula is C15H15BrClNO. The minimum absolute atomic E-state index is 0.174. The molecule has 0 bridgehead atoms. The predicted molar refractivity (Wildman–Crippen MR) is 82.5 cm³/mol. The summed E-state index contributed by atoms with van der Waals surface area (Å²) in [6, 6.07) is 13.5. The Labute approximate surface area is 126 Å². The Balaban J connectivity index is 2.06. The monoisotopic (exact) mass is 339 g/mol. The summed E-state index contributed by atoms with van der Waals surface area (Å²) < 4.78 is 1.05. The lowest BCUT2D eigenvalue weighted by molar-refractivity contribution is 0.460. The van der Waals surface area contributed by atoms with E-state index in [-0.39, 0.29) is 11.8 Å². The van der Waals surface area contributed by atoms with Crippen molar-refractivity contribution < 1.29 is 5.11 Å². The molecule has 100 valence electrons. The summed E-state index contributed by atoms with van der Waals surface area (Å²) in [6.07, 6.45) is 0. The molecule has 2 nitrogen and oxygen atoms in total. The summed E-state index contributed by atoms with van der Waals surface area (Å²) in [6.45, 7) is 2.61. The van der Waals surface area contributed by atoms with E-state index in [1.165, 1.54) is 5.56 Å². The second-order valence-corrected chi connectivity index (χ2v) is 5.72. The Bertz CT molecular complexity index is 554. The van der Waals surface area contributed by atoms with E-state index >= 15 is 0 Å². The van der Waals surface area contributed by atoms with Crippen LogP contribution in [0, 0.1) is 0 Å². The van der Waals surface area contributed by atoms with E-state index in [4.69, 9.17) is 11.6 Å². The largest absolute Gasteiger partial charge is 0.508 e. The van der Waals surface area contributed by atoms with Crippen molar-refractivity contribution >= 4 is 27.5 Å². The molecule has 0 aliphatic heterocycles. The highest BCUT2D eigenvalue weighted by molar-refractivity contribution is 9.10. The number of rotatable bonds is 4. The first-order chi connectivity index (χ1) is 9.08. The SMILES string of the molecule is C[C@@H](NCc1c(O)cccc1Cl)c1cccc(Br)c1. The van der Waals surface area contributed by atoms with E-state index in [1.807, 2.05) is 12.1 Å². The summed E-state index contributed by atoms with van der Waals surface area (Å²) >= 11 is 9.54. The van der Waals surface area contributed by atoms with Gasteiger partial charge in [0.15, 0.2) is 0 Å². The molecule has 0 saturated carbocycles. The molecule has 0 spiro atoms. The highest BCUT2D eigenvalue weighted by atomic mass is 79.9. The third-order valence-corrected chi connectivity index (χ3v) is 3.88. The van der Waals surface area contributed by atoms with E-state index in [0.717, 1.165) is 10.0 Å². The van der Waals surface area contributed by atoms with Gasteiger partial charge in [-0.05, 0) is 36.8 Å². The smallest absolute Gasteiger partial charge is 0.121 e. The molecule has 19 heavy (non-hydrogen) atoms. The minimum Gasteiger partial charge on any atom is -0.508 e. The number of nitrogens with one attached hydrogen (secondary N) is 1. The highest BCUT2D eigenvalue weighted by Gasteiger charge is 2.09. The van der Waals surface area contributed by atoms with Crippen molar-refractivity contribution in [3.8, 4) is 5.75 Å². The van der Waals surface area contributed by atoms with E-state index in [2.05, 4.69) is 40.3 Å². The van der Waals surface area contributed by atoms with Crippen molar-refractivity contribution in [2.24, 2.45) is 0 Å². The standard InChI is InChI=1S/C15H15BrClNO/c1-10(11-4-2-5-12(16)8-11)18-9-13-14(17)6-3-7-15(13)19/h2-8,10,18-19H,9H2,1H3/t10-/m1/s1. The van der Waals surface area contributed by atoms with Crippen molar-refractivity contribution in [3.05, 3.63) is 63.1 Å². The van der Waals surface area contributed by atoms with Crippen molar-refractivity contribution in [1.29, 1.82) is 0 Å². The Morgan fingerprint density at radius 2 is 2.00 bits per heavy atom. The number of phenolic OH excluding ortho intramolecular Hbond substituents is 1. The van der Waals surface area contributed by atoms with Gasteiger partial charge in [-0.15, -0.1) is 0 Å². The molecule has 0 fully saturated rings. The van der Waals surface area contributed by atoms with Crippen LogP contribution in [0.15, 0.2) is 46.9 Å². The molecule has 1 atom stereocenters. The number of hydrogen-bond acceptors (Lipinski definition) is 2. The van der Waals surface area contributed by atoms with Crippen molar-refractivity contribution in [1.82, 2.24) is 5.32 Å². The second kappa shape index (κ2) is 6.42. The summed E-state index contributed by atoms with van der Waals surface area (Å²) in [5.41, 5.74) is 1.91. The van der Waals surface area contributed by atoms with E-state index in [9.17, 15) is 5.11 Å². The average molecular weight is 341 g/mol. The van der Waals surface area contributed by atoms with Crippen LogP contribution in [0.4, 0.5) is 0 Å². The number of aromatic hydroxyl groups is 1. The fourth-order valence-corrected chi connectivity index (χ4v) is 2.52. The van der Waals surface area contributed by atoms with Gasteiger partial charge in [0.1, 0.15) is 5.75 Å². The fourth-order valence-electron chi connectivity index (χ4n) is 1.87. The van der Waals surface area contributed by atoms with E-state index in [1.54, 1.807) is 18.2 Å². The molecule has 0 amide bonds. The van der Waals surface area contributed by atoms with Crippen molar-refractivity contribution in [2.45, 2.75) is 19.5 Å². The van der Waals surface area contributed by atoms with Crippen molar-refractivity contribution in [2.75, 3.05) is 0 Å². The van der Waals surface area contributed by atoms with E-state index < -0.39 is 0 Å². The third-order valence-electron chi connectivity index (χ3n) is 3.03. The summed E-state index contributed by atoms with van der Waals surface area (Å²) in [5.74, 6) is 0.224. The molecular weight excluding hydrogens is 326 g/mol. The topological polar surface area (TPSA) is 32.3 Å². The molecule has 2 N–H and O–H groups in total. The molecule has 0 aliphatic carbocycles. The Kier molecular flexibility index (Phi) is 4.86. The third kappa shape index (κ3) is 3.72. The second-order valence-electron chi connectivity index (χ2n) is 4.40. The molecule has 0 saturated heterocycles. The number of phenols is 1. The molecule has 0 radical (unpaired) electrons. The van der Waals surface area contributed by atoms with Crippen LogP contribution in [0.5, 0.6) is 5.75 Å². The number of benzene rings is 2. The molecule has 0 aromatic heterocycles. The van der Waals surface area contributed by atoms with Gasteiger partial charge < -0.3 is 10.4 Å². The molecule has 4 heteroatoms. The maximum absolute atomic E-state index is 9.79. The first kappa shape index (κ1) is 14.4. The summed E-state index contributed by atoms with van der Waals surface area (Å²) in [7, 11) is 0. The van der Waals surface area contributed by atoms with Gasteiger partial charge in [0.2, 0.25) is 0 Å². The zero-order chi connectivity index (χ0) is 13.8. The van der Waals surface area contributed by atoms with Gasteiger partial charge >= 0.3 is 0 Å². The maximum atomic E-state index is 9.79. The van der Waals surface area contributed by atoms with Gasteiger partial charge in [-0.25, -0.2) is 0 Å². The van der Waals surface area contributed by atoms with Crippen LogP contribution in [0.2, 0.25) is 5.02 Å². The summed E-state index contributed by atoms with van der Waals surface area (Å²) in [4.78, 5) is 0. The van der Waals surface area contributed by atoms with E-state index in [0.29, 0.717) is 11.6 Å². The molecule has 0 heterocycles. The first-order valence-corrected chi connectivity index (χ1v) is 7.20. The van der Waals surface area contributed by atoms with Gasteiger partial charge in [0.25, 0.3) is 0 Å². The van der Waals surface area contributed by atoms with Gasteiger partial charge in [0.05, 0.1) is 0 Å². The average Bonchev–Trinajstić information content (AvgIpc) is 2.38. The molecule has 2 aromatic rings. The lowest BCUT2D eigenvalue weighted by Gasteiger charge is -2.16. The molecule has 0 unspecified atom stereocenters. The quantitative estimate of drug-likeness (QED) is 0.848. The van der Waals surface area contributed by atoms with Gasteiger partial charge in [0, 0.05) is 27.6 Å². The van der Waals surface area contributed by atoms with Crippen LogP contribution in [0.3, 0.4) is 0 Å². The summed E-state index contributed by atoms with van der Waals surface area (Å²) in [5, 5.41) is 13.7. The Hall–Kier alpha value is -1.03. The number of hydrogen-bond donors (Lipinski definition) is 2. The molecule has 2 rings (SSSR count).